The molecule has 0 spiro atoms. The first-order chi connectivity index (χ1) is 9.15. The number of hydrogen-bond acceptors (Lipinski definition) is 4. The quantitative estimate of drug-likeness (QED) is 0.500. The Bertz CT molecular complexity index is 351. The minimum absolute atomic E-state index is 0.0288. The Morgan fingerprint density at radius 1 is 1.00 bits per heavy atom. The molecule has 0 aromatic heterocycles. The highest BCUT2D eigenvalue weighted by molar-refractivity contribution is 5.87. The van der Waals surface area contributed by atoms with Crippen molar-refractivity contribution in [1.82, 2.24) is 5.06 Å². The SMILES string of the molecule is CC(C)CC(=O)CCC(=O)N(O)[C@@H](CC(C)C)C(=O)O. The molecule has 0 fully saturated rings. The summed E-state index contributed by atoms with van der Waals surface area (Å²) in [6.07, 6.45) is 0.413. The average Bonchev–Trinajstić information content (AvgIpc) is 2.30. The molecule has 0 rings (SSSR count). The van der Waals surface area contributed by atoms with E-state index in [1.54, 1.807) is 13.8 Å². The van der Waals surface area contributed by atoms with Crippen molar-refractivity contribution in [3.8, 4) is 0 Å². The maximum absolute atomic E-state index is 11.7. The number of hydroxylamine groups is 2. The molecule has 1 atom stereocenters. The summed E-state index contributed by atoms with van der Waals surface area (Å²) in [5.74, 6) is -1.78. The van der Waals surface area contributed by atoms with Gasteiger partial charge in [-0.3, -0.25) is 14.8 Å². The van der Waals surface area contributed by atoms with Crippen LogP contribution in [0.25, 0.3) is 0 Å². The molecular weight excluding hydrogens is 262 g/mol. The van der Waals surface area contributed by atoms with Crippen molar-refractivity contribution in [1.29, 1.82) is 0 Å². The Kier molecular flexibility index (Phi) is 8.06. The van der Waals surface area contributed by atoms with Crippen LogP contribution in [0.4, 0.5) is 0 Å². The lowest BCUT2D eigenvalue weighted by Crippen LogP contribution is -2.43. The van der Waals surface area contributed by atoms with Crippen LogP contribution in [-0.2, 0) is 14.4 Å². The number of ketones is 1. The normalized spacial score (nSPS) is 12.6. The standard InChI is InChI=1S/C14H25NO5/c1-9(2)7-11(16)5-6-13(17)15(20)12(14(18)19)8-10(3)4/h9-10,12,20H,5-8H2,1-4H3,(H,18,19)/t12-/m0/s1. The molecule has 6 nitrogen and oxygen atoms in total. The van der Waals surface area contributed by atoms with Crippen LogP contribution < -0.4 is 0 Å². The number of carboxylic acids is 1. The second-order valence-electron chi connectivity index (χ2n) is 5.86. The van der Waals surface area contributed by atoms with Crippen LogP contribution in [0.3, 0.4) is 0 Å². The van der Waals surface area contributed by atoms with Crippen LogP contribution in [0, 0.1) is 11.8 Å². The zero-order valence-corrected chi connectivity index (χ0v) is 12.6. The molecule has 0 radical (unpaired) electrons. The molecule has 0 aromatic rings. The van der Waals surface area contributed by atoms with Crippen LogP contribution in [0.1, 0.15) is 53.4 Å². The molecule has 0 saturated carbocycles. The number of amides is 1. The summed E-state index contributed by atoms with van der Waals surface area (Å²) in [6, 6.07) is -1.26. The summed E-state index contributed by atoms with van der Waals surface area (Å²) in [4.78, 5) is 34.3. The van der Waals surface area contributed by atoms with Crippen molar-refractivity contribution in [2.75, 3.05) is 0 Å². The number of hydrogen-bond donors (Lipinski definition) is 2. The fraction of sp³-hybridized carbons (Fsp3) is 0.786. The largest absolute Gasteiger partial charge is 0.480 e. The van der Waals surface area contributed by atoms with Crippen molar-refractivity contribution in [2.24, 2.45) is 11.8 Å². The summed E-state index contributed by atoms with van der Waals surface area (Å²) in [5.41, 5.74) is 0. The topological polar surface area (TPSA) is 94.9 Å². The number of carbonyl (C=O) groups is 3. The maximum atomic E-state index is 11.7. The Balaban J connectivity index is 4.43. The minimum atomic E-state index is -1.26. The molecule has 2 N–H and O–H groups in total. The monoisotopic (exact) mass is 287 g/mol. The van der Waals surface area contributed by atoms with Crippen LogP contribution in [-0.4, -0.2) is 39.1 Å². The molecule has 0 aliphatic rings. The van der Waals surface area contributed by atoms with E-state index in [0.717, 1.165) is 0 Å². The van der Waals surface area contributed by atoms with E-state index in [1.165, 1.54) is 0 Å². The number of Topliss-reactive ketones (excluding diaryl/α,β-unsaturated/α-hetero) is 1. The van der Waals surface area contributed by atoms with E-state index < -0.39 is 17.9 Å². The lowest BCUT2D eigenvalue weighted by atomic mass is 10.0. The van der Waals surface area contributed by atoms with Gasteiger partial charge in [-0.25, -0.2) is 9.86 Å². The molecule has 116 valence electrons. The van der Waals surface area contributed by atoms with Gasteiger partial charge in [0.15, 0.2) is 6.04 Å². The van der Waals surface area contributed by atoms with Crippen LogP contribution in [0.5, 0.6) is 0 Å². The van der Waals surface area contributed by atoms with Crippen LogP contribution in [0.15, 0.2) is 0 Å². The van der Waals surface area contributed by atoms with Gasteiger partial charge in [-0.05, 0) is 18.3 Å². The number of aliphatic carboxylic acids is 1. The van der Waals surface area contributed by atoms with Gasteiger partial charge in [0.25, 0.3) is 0 Å². The molecule has 0 aromatic carbocycles. The van der Waals surface area contributed by atoms with Gasteiger partial charge in [0.05, 0.1) is 0 Å². The van der Waals surface area contributed by atoms with Crippen LogP contribution in [0.2, 0.25) is 0 Å². The zero-order valence-electron chi connectivity index (χ0n) is 12.6. The van der Waals surface area contributed by atoms with Crippen molar-refractivity contribution >= 4 is 17.7 Å². The van der Waals surface area contributed by atoms with Gasteiger partial charge < -0.3 is 5.11 Å². The van der Waals surface area contributed by atoms with E-state index in [-0.39, 0.29) is 41.9 Å². The number of rotatable bonds is 9. The van der Waals surface area contributed by atoms with Gasteiger partial charge in [-0.1, -0.05) is 27.7 Å². The van der Waals surface area contributed by atoms with Crippen molar-refractivity contribution in [3.63, 3.8) is 0 Å². The summed E-state index contributed by atoms with van der Waals surface area (Å²) in [7, 11) is 0. The molecular formula is C14H25NO5. The van der Waals surface area contributed by atoms with Crippen LogP contribution >= 0.6 is 0 Å². The van der Waals surface area contributed by atoms with Gasteiger partial charge in [0.2, 0.25) is 5.91 Å². The molecule has 0 unspecified atom stereocenters. The van der Waals surface area contributed by atoms with Gasteiger partial charge >= 0.3 is 5.97 Å². The predicted octanol–water partition coefficient (Wildman–Crippen LogP) is 2.10. The van der Waals surface area contributed by atoms with Gasteiger partial charge in [0.1, 0.15) is 5.78 Å². The van der Waals surface area contributed by atoms with Gasteiger partial charge in [0, 0.05) is 19.3 Å². The Morgan fingerprint density at radius 3 is 1.95 bits per heavy atom. The third-order valence-electron chi connectivity index (χ3n) is 2.78. The Morgan fingerprint density at radius 2 is 1.55 bits per heavy atom. The lowest BCUT2D eigenvalue weighted by Gasteiger charge is -2.23. The lowest BCUT2D eigenvalue weighted by molar-refractivity contribution is -0.187. The van der Waals surface area contributed by atoms with Crippen molar-refractivity contribution in [3.05, 3.63) is 0 Å². The van der Waals surface area contributed by atoms with E-state index in [9.17, 15) is 19.6 Å². The molecule has 1 amide bonds. The highest BCUT2D eigenvalue weighted by Gasteiger charge is 2.29. The number of carbonyl (C=O) groups excluding carboxylic acids is 2. The third-order valence-corrected chi connectivity index (χ3v) is 2.78. The summed E-state index contributed by atoms with van der Waals surface area (Å²) in [6.45, 7) is 7.42. The van der Waals surface area contributed by atoms with E-state index >= 15 is 0 Å². The van der Waals surface area contributed by atoms with E-state index in [1.807, 2.05) is 13.8 Å². The maximum Gasteiger partial charge on any atom is 0.329 e. The molecule has 0 heterocycles. The van der Waals surface area contributed by atoms with Gasteiger partial charge in [-0.2, -0.15) is 0 Å². The summed E-state index contributed by atoms with van der Waals surface area (Å²) >= 11 is 0. The van der Waals surface area contributed by atoms with E-state index in [0.29, 0.717) is 6.42 Å². The van der Waals surface area contributed by atoms with Crippen molar-refractivity contribution in [2.45, 2.75) is 59.4 Å². The summed E-state index contributed by atoms with van der Waals surface area (Å²) < 4.78 is 0. The Labute approximate surface area is 119 Å². The van der Waals surface area contributed by atoms with E-state index in [2.05, 4.69) is 0 Å². The highest BCUT2D eigenvalue weighted by atomic mass is 16.5. The first-order valence-electron chi connectivity index (χ1n) is 6.90. The third kappa shape index (κ3) is 7.23. The smallest absolute Gasteiger partial charge is 0.329 e. The predicted molar refractivity (Wildman–Crippen MR) is 73.2 cm³/mol. The molecule has 0 saturated heterocycles. The minimum Gasteiger partial charge on any atom is -0.480 e. The van der Waals surface area contributed by atoms with Crippen molar-refractivity contribution < 1.29 is 24.7 Å². The number of carboxylic acid groups (broad SMARTS) is 1. The first-order valence-corrected chi connectivity index (χ1v) is 6.90. The summed E-state index contributed by atoms with van der Waals surface area (Å²) in [5, 5.41) is 19.0. The molecule has 6 heteroatoms. The molecule has 0 aliphatic heterocycles. The fourth-order valence-corrected chi connectivity index (χ4v) is 1.84. The van der Waals surface area contributed by atoms with Gasteiger partial charge in [-0.15, -0.1) is 0 Å². The molecule has 0 bridgehead atoms. The van der Waals surface area contributed by atoms with E-state index in [4.69, 9.17) is 5.11 Å². The second kappa shape index (κ2) is 8.68. The molecule has 20 heavy (non-hydrogen) atoms. The zero-order chi connectivity index (χ0) is 15.9. The average molecular weight is 287 g/mol. The molecule has 0 aliphatic carbocycles. The fourth-order valence-electron chi connectivity index (χ4n) is 1.84. The Hall–Kier alpha value is -1.43. The number of nitrogens with zero attached hydrogens (tertiary/aromatic N) is 1. The highest BCUT2D eigenvalue weighted by Crippen LogP contribution is 2.13. The first kappa shape index (κ1) is 18.6. The second-order valence-corrected chi connectivity index (χ2v) is 5.86.